The fourth-order valence-electron chi connectivity index (χ4n) is 12.9. The summed E-state index contributed by atoms with van der Waals surface area (Å²) in [5.41, 5.74) is 0.576. The van der Waals surface area contributed by atoms with Gasteiger partial charge in [-0.3, -0.25) is 0 Å². The van der Waals surface area contributed by atoms with E-state index < -0.39 is 50.7 Å². The Labute approximate surface area is 474 Å². The number of halogens is 3. The highest BCUT2D eigenvalue weighted by Crippen LogP contribution is 2.79. The molecule has 0 bridgehead atoms. The van der Waals surface area contributed by atoms with Crippen molar-refractivity contribution in [2.75, 3.05) is 0 Å². The van der Waals surface area contributed by atoms with Crippen LogP contribution in [0.4, 0.5) is 13.2 Å². The summed E-state index contributed by atoms with van der Waals surface area (Å²) >= 11 is 0. The van der Waals surface area contributed by atoms with Gasteiger partial charge in [0.15, 0.2) is 7.10 Å². The van der Waals surface area contributed by atoms with Crippen LogP contribution in [0.15, 0.2) is 127 Å². The van der Waals surface area contributed by atoms with Crippen molar-refractivity contribution in [1.29, 1.82) is 0 Å². The van der Waals surface area contributed by atoms with Crippen LogP contribution >= 0.6 is 14.7 Å². The number of nitrogens with one attached hydrogen (secondary N) is 1. The smallest absolute Gasteiger partial charge is 0.176 e. The summed E-state index contributed by atoms with van der Waals surface area (Å²) in [5, 5.41) is 12.7. The highest BCUT2D eigenvalue weighted by molar-refractivity contribution is 8.49. The van der Waals surface area contributed by atoms with Crippen molar-refractivity contribution in [3.63, 3.8) is 0 Å². The minimum Gasteiger partial charge on any atom is -0.176 e. The van der Waals surface area contributed by atoms with E-state index >= 15 is 13.2 Å². The molecule has 1 atom stereocenters. The van der Waals surface area contributed by atoms with E-state index in [1.54, 1.807) is 16.4 Å². The van der Waals surface area contributed by atoms with Gasteiger partial charge in [0.1, 0.15) is 18.2 Å². The number of alkyl halides is 3. The molecule has 0 aliphatic rings. The maximum absolute atomic E-state index is 16.3. The van der Waals surface area contributed by atoms with Gasteiger partial charge in [-0.2, -0.15) is 18.3 Å². The summed E-state index contributed by atoms with van der Waals surface area (Å²) in [4.78, 5) is 0. The fraction of sp³-hybridized carbons (Fsp3) is 0.559. The first-order chi connectivity index (χ1) is 37.4. The third-order valence-electron chi connectivity index (χ3n) is 17.6. The third-order valence-corrected chi connectivity index (χ3v) is 43.9. The van der Waals surface area contributed by atoms with Crippen molar-refractivity contribution in [1.82, 2.24) is 5.09 Å². The van der Waals surface area contributed by atoms with E-state index in [1.807, 2.05) is 18.2 Å². The molecular formula is C68H105F3NP2Si3+. The van der Waals surface area contributed by atoms with Crippen LogP contribution in [0.2, 0.25) is 54.4 Å². The van der Waals surface area contributed by atoms with Gasteiger partial charge in [-0.25, -0.2) is 0 Å². The highest BCUT2D eigenvalue weighted by Gasteiger charge is 2.57. The molecule has 1 N–H and O–H groups in total. The van der Waals surface area contributed by atoms with Gasteiger partial charge in [-0.05, 0) is 29.8 Å². The molecule has 5 rings (SSSR count). The van der Waals surface area contributed by atoms with Crippen LogP contribution in [0.3, 0.4) is 0 Å². The highest BCUT2D eigenvalue weighted by atomic mass is 32.1. The quantitative estimate of drug-likeness (QED) is 0.0307. The van der Waals surface area contributed by atoms with Crippen LogP contribution in [0.25, 0.3) is 0 Å². The second-order valence-electron chi connectivity index (χ2n) is 23.2. The first kappa shape index (κ1) is 65.2. The second kappa shape index (κ2) is 33.3. The summed E-state index contributed by atoms with van der Waals surface area (Å²) < 4.78 is 48.9. The molecule has 1 unspecified atom stereocenters. The summed E-state index contributed by atoms with van der Waals surface area (Å²) in [6, 6.07) is 58.2. The molecule has 0 heterocycles. The predicted molar refractivity (Wildman–Crippen MR) is 350 cm³/mol. The summed E-state index contributed by atoms with van der Waals surface area (Å²) in [6.45, 7) is 21.5. The zero-order chi connectivity index (χ0) is 55.6. The lowest BCUT2D eigenvalue weighted by Crippen LogP contribution is -2.48. The predicted octanol–water partition coefficient (Wildman–Crippen LogP) is 19.6. The average molecular weight is 1140 g/mol. The first-order valence-corrected chi connectivity index (χ1v) is 43.0. The number of rotatable bonds is 38. The van der Waals surface area contributed by atoms with Crippen molar-refractivity contribution in [2.24, 2.45) is 0 Å². The Balaban J connectivity index is 1.97. The Bertz CT molecular complexity index is 2240. The molecule has 0 aliphatic heterocycles. The number of hydrogen-bond acceptors (Lipinski definition) is 1. The van der Waals surface area contributed by atoms with Gasteiger partial charge in [-0.1, -0.05) is 351 Å². The maximum Gasteiger partial charge on any atom is 0.420 e. The van der Waals surface area contributed by atoms with Crippen molar-refractivity contribution in [3.8, 4) is 0 Å². The molecule has 0 saturated heterocycles. The number of hydrogen-bond donors (Lipinski definition) is 1. The molecule has 0 aromatic heterocycles. The monoisotopic (exact) mass is 1140 g/mol. The van der Waals surface area contributed by atoms with Crippen molar-refractivity contribution < 1.29 is 13.2 Å². The van der Waals surface area contributed by atoms with Gasteiger partial charge >= 0.3 is 6.18 Å². The molecule has 0 fully saturated rings. The summed E-state index contributed by atoms with van der Waals surface area (Å²) in [7, 11) is -10.5. The van der Waals surface area contributed by atoms with Crippen LogP contribution in [-0.2, 0) is 12.7 Å². The molecule has 0 radical (unpaired) electrons. The van der Waals surface area contributed by atoms with Gasteiger partial charge in [-0.15, -0.1) is 0 Å². The standard InChI is InChI=1S/C68H105F3NP2Si3/c1-10-19-49-75(50-20-11-2,51-21-12-3)63-43-37-60(38-44-63)73(61-39-45-64(46-40-61)76(52-22-13-4,53-23-14-5)54-24-15-6)74(72-58-59-33-29-28-30-34-59,67-36-32-31-35-66(67)68(69,70)71)62-41-47-65(48-42-62)77(55-25-16-7,56-26-17-8)57-27-18-9/h28-48,72H,10-27,49-58H2,1-9H3/q+1. The average Bonchev–Trinajstić information content (AvgIpc) is 3.52. The first-order valence-electron chi connectivity index (χ1n) is 31.3. The molecule has 5 aromatic rings. The van der Waals surface area contributed by atoms with Gasteiger partial charge in [0.25, 0.3) is 0 Å². The minimum absolute atomic E-state index is 0.428. The normalized spacial score (nSPS) is 13.4. The molecule has 77 heavy (non-hydrogen) atoms. The van der Waals surface area contributed by atoms with E-state index in [0.29, 0.717) is 11.8 Å². The van der Waals surface area contributed by atoms with Gasteiger partial charge in [0.2, 0.25) is 0 Å². The number of unbranched alkanes of at least 4 members (excludes halogenated alkanes) is 9. The topological polar surface area (TPSA) is 12.0 Å². The number of benzene rings is 5. The van der Waals surface area contributed by atoms with E-state index in [1.165, 1.54) is 192 Å². The molecule has 5 aromatic carbocycles. The van der Waals surface area contributed by atoms with Gasteiger partial charge < -0.3 is 0 Å². The SMILES string of the molecule is CCCC[Si](CCCC)(CCCC)c1ccc(P(c2ccc([Si](CCCC)(CCCC)CCCC)cc2)[P+](NCc2ccccc2)(c2ccc([Si](CCCC)(CCCC)CCCC)cc2)c2ccccc2C(F)(F)F)cc1. The molecular weight excluding hydrogens is 1030 g/mol. The lowest BCUT2D eigenvalue weighted by molar-refractivity contribution is -0.136. The lowest BCUT2D eigenvalue weighted by Gasteiger charge is -2.38. The van der Waals surface area contributed by atoms with Crippen molar-refractivity contribution in [2.45, 2.75) is 245 Å². The van der Waals surface area contributed by atoms with Crippen molar-refractivity contribution >= 4 is 75.7 Å². The Morgan fingerprint density at radius 3 is 0.987 bits per heavy atom. The van der Waals surface area contributed by atoms with Crippen LogP contribution in [-0.4, -0.2) is 24.2 Å². The minimum atomic E-state index is -4.56. The Morgan fingerprint density at radius 1 is 0.377 bits per heavy atom. The second-order valence-corrected chi connectivity index (χ2v) is 44.4. The summed E-state index contributed by atoms with van der Waals surface area (Å²) in [5.74, 6) is 0. The third kappa shape index (κ3) is 17.2. The largest absolute Gasteiger partial charge is 0.420 e. The Morgan fingerprint density at radius 2 is 0.675 bits per heavy atom. The van der Waals surface area contributed by atoms with Crippen molar-refractivity contribution in [3.05, 3.63) is 139 Å². The Hall–Kier alpha value is -2.64. The molecule has 424 valence electrons. The summed E-state index contributed by atoms with van der Waals surface area (Å²) in [6.07, 6.45) is 17.4. The Kier molecular flexibility index (Phi) is 28.2. The van der Waals surface area contributed by atoms with Gasteiger partial charge in [0, 0.05) is 10.6 Å². The zero-order valence-corrected chi connectivity index (χ0v) is 54.7. The fourth-order valence-corrected chi connectivity index (χ4v) is 40.3. The van der Waals surface area contributed by atoms with Gasteiger partial charge in [0.05, 0.1) is 36.3 Å². The lowest BCUT2D eigenvalue weighted by atomic mass is 10.2. The molecule has 0 amide bonds. The molecule has 0 saturated carbocycles. The van der Waals surface area contributed by atoms with Crippen LogP contribution in [0.5, 0.6) is 0 Å². The van der Waals surface area contributed by atoms with E-state index in [2.05, 4.69) is 164 Å². The molecule has 1 nitrogen and oxygen atoms in total. The maximum atomic E-state index is 16.3. The van der Waals surface area contributed by atoms with E-state index in [0.717, 1.165) is 10.9 Å². The zero-order valence-electron chi connectivity index (χ0n) is 50.0. The molecule has 9 heteroatoms. The molecule has 0 aliphatic carbocycles. The molecule has 0 spiro atoms. The van der Waals surface area contributed by atoms with E-state index in [9.17, 15) is 0 Å². The van der Waals surface area contributed by atoms with Crippen LogP contribution < -0.4 is 41.9 Å². The van der Waals surface area contributed by atoms with E-state index in [4.69, 9.17) is 0 Å². The van der Waals surface area contributed by atoms with Crippen LogP contribution in [0, 0.1) is 0 Å². The van der Waals surface area contributed by atoms with Crippen LogP contribution in [0.1, 0.15) is 189 Å². The van der Waals surface area contributed by atoms with E-state index in [-0.39, 0.29) is 0 Å².